The number of hydrogen-bond donors (Lipinski definition) is 1. The maximum absolute atomic E-state index is 8.83. The van der Waals surface area contributed by atoms with E-state index in [9.17, 15) is 0 Å². The number of rotatable bonds is 6. The van der Waals surface area contributed by atoms with Gasteiger partial charge >= 0.3 is 0 Å². The van der Waals surface area contributed by atoms with Crippen molar-refractivity contribution in [2.45, 2.75) is 13.0 Å². The van der Waals surface area contributed by atoms with E-state index >= 15 is 0 Å². The fraction of sp³-hybridized carbons (Fsp3) is 0.308. The van der Waals surface area contributed by atoms with Crippen LogP contribution in [0.15, 0.2) is 24.3 Å². The first-order valence-corrected chi connectivity index (χ1v) is 6.63. The molecule has 0 saturated carbocycles. The molecule has 0 saturated heterocycles. The van der Waals surface area contributed by atoms with Gasteiger partial charge in [0.2, 0.25) is 5.13 Å². The Hall–Kier alpha value is -1.97. The normalized spacial score (nSPS) is 10.1. The van der Waals surface area contributed by atoms with Crippen LogP contribution in [-0.4, -0.2) is 23.1 Å². The Kier molecular flexibility index (Phi) is 4.84. The molecule has 0 radical (unpaired) electrons. The first-order chi connectivity index (χ1) is 9.31. The summed E-state index contributed by atoms with van der Waals surface area (Å²) in [6, 6.07) is 9.62. The zero-order chi connectivity index (χ0) is 13.5. The van der Waals surface area contributed by atoms with E-state index in [-0.39, 0.29) is 0 Å². The molecule has 6 heteroatoms. The van der Waals surface area contributed by atoms with Crippen LogP contribution in [0.4, 0.5) is 5.13 Å². The van der Waals surface area contributed by atoms with Crippen LogP contribution >= 0.6 is 11.5 Å². The molecule has 0 aliphatic carbocycles. The van der Waals surface area contributed by atoms with Gasteiger partial charge in [-0.2, -0.15) is 9.64 Å². The minimum absolute atomic E-state index is 0.625. The summed E-state index contributed by atoms with van der Waals surface area (Å²) >= 11 is 1.34. The van der Waals surface area contributed by atoms with Gasteiger partial charge in [-0.25, -0.2) is 4.98 Å². The average Bonchev–Trinajstić information content (AvgIpc) is 2.91. The number of hydrogen-bond acceptors (Lipinski definition) is 6. The van der Waals surface area contributed by atoms with Crippen molar-refractivity contribution < 1.29 is 4.74 Å². The number of nitrogens with one attached hydrogen (secondary N) is 1. The van der Waals surface area contributed by atoms with Crippen LogP contribution in [0.3, 0.4) is 0 Å². The molecule has 1 aromatic heterocycles. The zero-order valence-corrected chi connectivity index (χ0v) is 11.4. The predicted octanol–water partition coefficient (Wildman–Crippen LogP) is 2.21. The highest BCUT2D eigenvalue weighted by atomic mass is 32.1. The number of nitriles is 1. The summed E-state index contributed by atoms with van der Waals surface area (Å²) in [6.45, 7) is 1.26. The molecule has 0 spiro atoms. The maximum Gasteiger partial charge on any atom is 0.202 e. The van der Waals surface area contributed by atoms with Gasteiger partial charge in [0.25, 0.3) is 0 Å². The molecule has 1 heterocycles. The Labute approximate surface area is 116 Å². The van der Waals surface area contributed by atoms with Crippen LogP contribution in [-0.2, 0) is 17.7 Å². The zero-order valence-electron chi connectivity index (χ0n) is 10.6. The molecule has 98 valence electrons. The second-order valence-corrected chi connectivity index (χ2v) is 4.68. The van der Waals surface area contributed by atoms with Crippen LogP contribution < -0.4 is 5.32 Å². The Morgan fingerprint density at radius 1 is 1.47 bits per heavy atom. The van der Waals surface area contributed by atoms with Crippen LogP contribution in [0, 0.1) is 11.3 Å². The molecule has 5 nitrogen and oxygen atoms in total. The van der Waals surface area contributed by atoms with Gasteiger partial charge in [-0.05, 0) is 17.7 Å². The highest BCUT2D eigenvalue weighted by Gasteiger charge is 2.03. The third-order valence-electron chi connectivity index (χ3n) is 2.50. The topological polar surface area (TPSA) is 70.8 Å². The van der Waals surface area contributed by atoms with Crippen LogP contribution in [0.1, 0.15) is 17.0 Å². The van der Waals surface area contributed by atoms with Gasteiger partial charge in [-0.3, -0.25) is 0 Å². The smallest absolute Gasteiger partial charge is 0.202 e. The van der Waals surface area contributed by atoms with Gasteiger partial charge in [-0.15, -0.1) is 0 Å². The molecule has 0 atom stereocenters. The number of nitrogens with zero attached hydrogens (tertiary/aromatic N) is 3. The summed E-state index contributed by atoms with van der Waals surface area (Å²) in [5.74, 6) is 0.792. The summed E-state index contributed by atoms with van der Waals surface area (Å²) in [5.41, 5.74) is 1.71. The lowest BCUT2D eigenvalue weighted by Gasteiger charge is -2.02. The number of benzene rings is 1. The van der Waals surface area contributed by atoms with Gasteiger partial charge < -0.3 is 10.1 Å². The van der Waals surface area contributed by atoms with Gasteiger partial charge in [0, 0.05) is 31.6 Å². The molecule has 0 bridgehead atoms. The van der Waals surface area contributed by atoms with Crippen LogP contribution in [0.25, 0.3) is 0 Å². The second-order valence-electron chi connectivity index (χ2n) is 3.92. The van der Waals surface area contributed by atoms with Crippen molar-refractivity contribution in [2.75, 3.05) is 19.0 Å². The minimum atomic E-state index is 0.625. The van der Waals surface area contributed by atoms with E-state index in [1.165, 1.54) is 11.5 Å². The van der Waals surface area contributed by atoms with Crippen molar-refractivity contribution >= 4 is 16.7 Å². The van der Waals surface area contributed by atoms with Crippen molar-refractivity contribution in [2.24, 2.45) is 0 Å². The lowest BCUT2D eigenvalue weighted by Crippen LogP contribution is -2.00. The van der Waals surface area contributed by atoms with E-state index in [1.54, 1.807) is 13.2 Å². The minimum Gasteiger partial charge on any atom is -0.384 e. The fourth-order valence-electron chi connectivity index (χ4n) is 1.55. The van der Waals surface area contributed by atoms with Gasteiger partial charge in [0.05, 0.1) is 18.2 Å². The number of aromatic nitrogens is 2. The quantitative estimate of drug-likeness (QED) is 0.874. The summed E-state index contributed by atoms with van der Waals surface area (Å²) in [4.78, 5) is 4.36. The highest BCUT2D eigenvalue weighted by Crippen LogP contribution is 2.13. The standard InChI is InChI=1S/C13H14N4OS/c1-18-6-5-12-16-13(19-17-12)15-9-11-4-2-3-10(7-11)8-14/h2-4,7H,5-6,9H2,1H3,(H,15,16,17). The molecule has 0 unspecified atom stereocenters. The van der Waals surface area contributed by atoms with Crippen LogP contribution in [0.5, 0.6) is 0 Å². The second kappa shape index (κ2) is 6.83. The summed E-state index contributed by atoms with van der Waals surface area (Å²) in [5, 5.41) is 12.8. The van der Waals surface area contributed by atoms with Gasteiger partial charge in [0.1, 0.15) is 5.82 Å². The third-order valence-corrected chi connectivity index (χ3v) is 3.21. The molecule has 0 aliphatic heterocycles. The predicted molar refractivity (Wildman–Crippen MR) is 74.0 cm³/mol. The van der Waals surface area contributed by atoms with Crippen molar-refractivity contribution in [3.05, 3.63) is 41.2 Å². The Morgan fingerprint density at radius 3 is 3.16 bits per heavy atom. The monoisotopic (exact) mass is 274 g/mol. The lowest BCUT2D eigenvalue weighted by atomic mass is 10.1. The van der Waals surface area contributed by atoms with E-state index < -0.39 is 0 Å². The molecule has 2 aromatic rings. The number of ether oxygens (including phenoxy) is 1. The molecule has 0 amide bonds. The molecule has 19 heavy (non-hydrogen) atoms. The Morgan fingerprint density at radius 2 is 2.37 bits per heavy atom. The summed E-state index contributed by atoms with van der Waals surface area (Å²) < 4.78 is 9.22. The van der Waals surface area contributed by atoms with E-state index in [0.717, 1.165) is 22.9 Å². The largest absolute Gasteiger partial charge is 0.384 e. The van der Waals surface area contributed by atoms with Crippen molar-refractivity contribution in [1.29, 1.82) is 5.26 Å². The average molecular weight is 274 g/mol. The first kappa shape index (κ1) is 13.5. The lowest BCUT2D eigenvalue weighted by molar-refractivity contribution is 0.201. The first-order valence-electron chi connectivity index (χ1n) is 5.86. The summed E-state index contributed by atoms with van der Waals surface area (Å²) in [6.07, 6.45) is 0.721. The highest BCUT2D eigenvalue weighted by molar-refractivity contribution is 7.09. The van der Waals surface area contributed by atoms with Crippen molar-refractivity contribution in [1.82, 2.24) is 9.36 Å². The molecular formula is C13H14N4OS. The third kappa shape index (κ3) is 4.02. The Balaban J connectivity index is 1.91. The van der Waals surface area contributed by atoms with E-state index in [1.807, 2.05) is 18.2 Å². The summed E-state index contributed by atoms with van der Waals surface area (Å²) in [7, 11) is 1.66. The molecule has 2 rings (SSSR count). The molecular weight excluding hydrogens is 260 g/mol. The molecule has 1 aromatic carbocycles. The van der Waals surface area contributed by atoms with Crippen LogP contribution in [0.2, 0.25) is 0 Å². The van der Waals surface area contributed by atoms with E-state index in [2.05, 4.69) is 20.7 Å². The number of anilines is 1. The molecule has 0 aliphatic rings. The van der Waals surface area contributed by atoms with Gasteiger partial charge in [0.15, 0.2) is 0 Å². The maximum atomic E-state index is 8.83. The van der Waals surface area contributed by atoms with E-state index in [4.69, 9.17) is 10.00 Å². The number of methoxy groups -OCH3 is 1. The van der Waals surface area contributed by atoms with Gasteiger partial charge in [-0.1, -0.05) is 12.1 Å². The Bertz CT molecular complexity index is 576. The molecule has 0 fully saturated rings. The fourth-order valence-corrected chi connectivity index (χ4v) is 2.16. The van der Waals surface area contributed by atoms with Crippen molar-refractivity contribution in [3.8, 4) is 6.07 Å². The van der Waals surface area contributed by atoms with E-state index in [0.29, 0.717) is 18.7 Å². The van der Waals surface area contributed by atoms with Crippen molar-refractivity contribution in [3.63, 3.8) is 0 Å². The SMILES string of the molecule is COCCc1nsc(NCc2cccc(C#N)c2)n1. The molecule has 1 N–H and O–H groups in total.